The van der Waals surface area contributed by atoms with E-state index in [1.165, 1.54) is 0 Å². The number of nitrogens with one attached hydrogen (secondary N) is 2. The van der Waals surface area contributed by atoms with Crippen molar-refractivity contribution in [3.63, 3.8) is 0 Å². The maximum absolute atomic E-state index is 12.7. The smallest absolute Gasteiger partial charge is 0.268 e. The van der Waals surface area contributed by atoms with Crippen LogP contribution in [0.5, 0.6) is 0 Å². The first kappa shape index (κ1) is 18.2. The number of rotatable bonds is 5. The molecule has 1 aromatic heterocycles. The number of hydrogen-bond acceptors (Lipinski definition) is 3. The minimum Gasteiger partial charge on any atom is -0.394 e. The third-order valence-corrected chi connectivity index (χ3v) is 4.54. The van der Waals surface area contributed by atoms with Crippen molar-refractivity contribution in [1.82, 2.24) is 10.3 Å². The average Bonchev–Trinajstić information content (AvgIpc) is 2.65. The molecule has 1 heterocycles. The molecule has 134 valence electrons. The molecule has 0 saturated heterocycles. The second-order valence-electron chi connectivity index (χ2n) is 6.19. The molecule has 0 radical (unpaired) electrons. The monoisotopic (exact) mass is 370 g/mol. The average molecular weight is 371 g/mol. The maximum Gasteiger partial charge on any atom is 0.268 e. The van der Waals surface area contributed by atoms with Crippen molar-refractivity contribution in [2.45, 2.75) is 19.4 Å². The number of aromatic nitrogens is 1. The third-order valence-electron chi connectivity index (χ3n) is 4.31. The Hall–Kier alpha value is -2.63. The van der Waals surface area contributed by atoms with Crippen LogP contribution in [0.1, 0.15) is 21.6 Å². The Labute approximate surface area is 155 Å². The summed E-state index contributed by atoms with van der Waals surface area (Å²) < 4.78 is 0. The SMILES string of the molecule is Cc1c(C(=O)N[C@H](CO)Cc2ccccc2)[nH]c2ccc(Cl)cc2c1=O. The van der Waals surface area contributed by atoms with Gasteiger partial charge in [-0.1, -0.05) is 41.9 Å². The van der Waals surface area contributed by atoms with E-state index in [-0.39, 0.29) is 17.7 Å². The Bertz CT molecular complexity index is 999. The largest absolute Gasteiger partial charge is 0.394 e. The number of fused-ring (bicyclic) bond motifs is 1. The number of carbonyl (C=O) groups is 1. The fourth-order valence-electron chi connectivity index (χ4n) is 2.90. The predicted octanol–water partition coefficient (Wildman–Crippen LogP) is 2.82. The van der Waals surface area contributed by atoms with Gasteiger partial charge in [-0.05, 0) is 37.1 Å². The van der Waals surface area contributed by atoms with Crippen molar-refractivity contribution < 1.29 is 9.90 Å². The lowest BCUT2D eigenvalue weighted by molar-refractivity contribution is 0.0911. The summed E-state index contributed by atoms with van der Waals surface area (Å²) in [4.78, 5) is 28.2. The lowest BCUT2D eigenvalue weighted by Crippen LogP contribution is -2.40. The first-order valence-corrected chi connectivity index (χ1v) is 8.65. The summed E-state index contributed by atoms with van der Waals surface area (Å²) in [6, 6.07) is 14.0. The molecule has 26 heavy (non-hydrogen) atoms. The van der Waals surface area contributed by atoms with Gasteiger partial charge in [0.1, 0.15) is 5.69 Å². The van der Waals surface area contributed by atoms with Gasteiger partial charge in [0.25, 0.3) is 5.91 Å². The molecular formula is C20H19ClN2O3. The predicted molar refractivity (Wildman–Crippen MR) is 103 cm³/mol. The van der Waals surface area contributed by atoms with Crippen LogP contribution in [0.2, 0.25) is 5.02 Å². The molecule has 3 N–H and O–H groups in total. The molecule has 0 fully saturated rings. The van der Waals surface area contributed by atoms with Crippen molar-refractivity contribution in [1.29, 1.82) is 0 Å². The van der Waals surface area contributed by atoms with Crippen LogP contribution in [0.15, 0.2) is 53.3 Å². The lowest BCUT2D eigenvalue weighted by atomic mass is 10.1. The van der Waals surface area contributed by atoms with Gasteiger partial charge in [-0.15, -0.1) is 0 Å². The van der Waals surface area contributed by atoms with Gasteiger partial charge >= 0.3 is 0 Å². The van der Waals surface area contributed by atoms with Gasteiger partial charge in [0.15, 0.2) is 5.43 Å². The van der Waals surface area contributed by atoms with E-state index in [1.807, 2.05) is 30.3 Å². The Morgan fingerprint density at radius 2 is 1.96 bits per heavy atom. The van der Waals surface area contributed by atoms with Crippen LogP contribution in [0.25, 0.3) is 10.9 Å². The van der Waals surface area contributed by atoms with Gasteiger partial charge in [-0.2, -0.15) is 0 Å². The molecular weight excluding hydrogens is 352 g/mol. The Morgan fingerprint density at radius 3 is 2.65 bits per heavy atom. The molecule has 3 rings (SSSR count). The minimum absolute atomic E-state index is 0.191. The molecule has 0 saturated carbocycles. The van der Waals surface area contributed by atoms with Crippen molar-refractivity contribution >= 4 is 28.4 Å². The molecule has 6 heteroatoms. The van der Waals surface area contributed by atoms with Crippen molar-refractivity contribution in [2.24, 2.45) is 0 Å². The number of carbonyl (C=O) groups excluding carboxylic acids is 1. The van der Waals surface area contributed by atoms with E-state index >= 15 is 0 Å². The van der Waals surface area contributed by atoms with E-state index in [2.05, 4.69) is 10.3 Å². The van der Waals surface area contributed by atoms with Gasteiger partial charge in [-0.25, -0.2) is 0 Å². The van der Waals surface area contributed by atoms with E-state index in [0.29, 0.717) is 27.9 Å². The topological polar surface area (TPSA) is 82.2 Å². The maximum atomic E-state index is 12.7. The fourth-order valence-corrected chi connectivity index (χ4v) is 3.07. The summed E-state index contributed by atoms with van der Waals surface area (Å²) in [5.41, 5.74) is 1.81. The zero-order valence-corrected chi connectivity index (χ0v) is 15.0. The molecule has 2 aromatic carbocycles. The Balaban J connectivity index is 1.88. The van der Waals surface area contributed by atoms with Gasteiger partial charge in [0.05, 0.1) is 12.6 Å². The van der Waals surface area contributed by atoms with Crippen LogP contribution in [-0.4, -0.2) is 28.6 Å². The molecule has 0 spiro atoms. The van der Waals surface area contributed by atoms with Crippen molar-refractivity contribution in [2.75, 3.05) is 6.61 Å². The summed E-state index contributed by atoms with van der Waals surface area (Å²) in [7, 11) is 0. The molecule has 1 atom stereocenters. The molecule has 0 unspecified atom stereocenters. The van der Waals surface area contributed by atoms with E-state index in [4.69, 9.17) is 11.6 Å². The Morgan fingerprint density at radius 1 is 1.23 bits per heavy atom. The standard InChI is InChI=1S/C20H19ClN2O3/c1-12-18(23-17-8-7-14(21)10-16(17)19(12)25)20(26)22-15(11-24)9-13-5-3-2-4-6-13/h2-8,10,15,24H,9,11H2,1H3,(H,22,26)(H,23,25)/t15-/m0/s1. The number of pyridine rings is 1. The Kier molecular flexibility index (Phi) is 5.40. The second-order valence-corrected chi connectivity index (χ2v) is 6.62. The van der Waals surface area contributed by atoms with Crippen LogP contribution in [0.4, 0.5) is 0 Å². The van der Waals surface area contributed by atoms with Crippen LogP contribution >= 0.6 is 11.6 Å². The quantitative estimate of drug-likeness (QED) is 0.646. The van der Waals surface area contributed by atoms with E-state index in [0.717, 1.165) is 5.56 Å². The van der Waals surface area contributed by atoms with Crippen molar-refractivity contribution in [3.05, 3.63) is 80.6 Å². The summed E-state index contributed by atoms with van der Waals surface area (Å²) in [5.74, 6) is -0.425. The summed E-state index contributed by atoms with van der Waals surface area (Å²) in [5, 5.41) is 13.3. The second kappa shape index (κ2) is 7.72. The molecule has 5 nitrogen and oxygen atoms in total. The van der Waals surface area contributed by atoms with Gasteiger partial charge < -0.3 is 15.4 Å². The summed E-state index contributed by atoms with van der Waals surface area (Å²) in [6.45, 7) is 1.40. The third kappa shape index (κ3) is 3.79. The van der Waals surface area contributed by atoms with E-state index in [9.17, 15) is 14.7 Å². The van der Waals surface area contributed by atoms with E-state index in [1.54, 1.807) is 25.1 Å². The number of aliphatic hydroxyl groups excluding tert-OH is 1. The first-order valence-electron chi connectivity index (χ1n) is 8.27. The van der Waals surface area contributed by atoms with Gasteiger partial charge in [0.2, 0.25) is 0 Å². The number of aromatic amines is 1. The highest BCUT2D eigenvalue weighted by atomic mass is 35.5. The van der Waals surface area contributed by atoms with E-state index < -0.39 is 11.9 Å². The zero-order valence-electron chi connectivity index (χ0n) is 14.3. The van der Waals surface area contributed by atoms with Crippen molar-refractivity contribution in [3.8, 4) is 0 Å². The minimum atomic E-state index is -0.450. The first-order chi connectivity index (χ1) is 12.5. The zero-order chi connectivity index (χ0) is 18.7. The molecule has 3 aromatic rings. The van der Waals surface area contributed by atoms with Crippen LogP contribution in [0, 0.1) is 6.92 Å². The number of hydrogen-bond donors (Lipinski definition) is 3. The highest BCUT2D eigenvalue weighted by Gasteiger charge is 2.18. The molecule has 0 aliphatic carbocycles. The highest BCUT2D eigenvalue weighted by Crippen LogP contribution is 2.17. The molecule has 0 aliphatic rings. The normalized spacial score (nSPS) is 12.1. The van der Waals surface area contributed by atoms with Crippen LogP contribution < -0.4 is 10.7 Å². The molecule has 1 amide bonds. The number of benzene rings is 2. The number of H-pyrrole nitrogens is 1. The summed E-state index contributed by atoms with van der Waals surface area (Å²) >= 11 is 5.95. The molecule has 0 aliphatic heterocycles. The lowest BCUT2D eigenvalue weighted by Gasteiger charge is -2.17. The van der Waals surface area contributed by atoms with Gasteiger partial charge in [0, 0.05) is 21.5 Å². The van der Waals surface area contributed by atoms with Crippen LogP contribution in [-0.2, 0) is 6.42 Å². The van der Waals surface area contributed by atoms with Crippen LogP contribution in [0.3, 0.4) is 0 Å². The highest BCUT2D eigenvalue weighted by molar-refractivity contribution is 6.31. The molecule has 0 bridgehead atoms. The van der Waals surface area contributed by atoms with Gasteiger partial charge in [-0.3, -0.25) is 9.59 Å². The summed E-state index contributed by atoms with van der Waals surface area (Å²) in [6.07, 6.45) is 0.496. The number of halogens is 1. The number of amides is 1. The fraction of sp³-hybridized carbons (Fsp3) is 0.200. The number of aliphatic hydroxyl groups is 1.